The van der Waals surface area contributed by atoms with Crippen LogP contribution in [0.4, 0.5) is 4.79 Å². The Morgan fingerprint density at radius 3 is 2.43 bits per heavy atom. The molecule has 3 rings (SSSR count). The van der Waals surface area contributed by atoms with Gasteiger partial charge in [-0.3, -0.25) is 0 Å². The second-order valence-corrected chi connectivity index (χ2v) is 10.0. The quantitative estimate of drug-likeness (QED) is 0.596. The Labute approximate surface area is 218 Å². The minimum atomic E-state index is -1.83. The number of rotatable bonds is 6. The highest BCUT2D eigenvalue weighted by Crippen LogP contribution is 2.55. The van der Waals surface area contributed by atoms with Crippen molar-refractivity contribution in [2.45, 2.75) is 52.6 Å². The number of ether oxygens (including phenoxy) is 3. The zero-order valence-electron chi connectivity index (χ0n) is 22.0. The molecule has 1 aromatic rings. The molecule has 1 aromatic carbocycles. The number of hydrogen-bond donors (Lipinski definition) is 1. The highest BCUT2D eigenvalue weighted by atomic mass is 16.6. The summed E-state index contributed by atoms with van der Waals surface area (Å²) < 4.78 is 17.2. The summed E-state index contributed by atoms with van der Waals surface area (Å²) in [7, 11) is 0. The lowest BCUT2D eigenvalue weighted by atomic mass is 9.58. The Morgan fingerprint density at radius 1 is 1.16 bits per heavy atom. The van der Waals surface area contributed by atoms with Crippen LogP contribution >= 0.6 is 0 Å². The fourth-order valence-electron chi connectivity index (χ4n) is 4.85. The number of benzene rings is 1. The number of nitrogens with two attached hydrogens (primary N) is 1. The van der Waals surface area contributed by atoms with Gasteiger partial charge in [-0.25, -0.2) is 4.79 Å². The molecule has 1 heterocycles. The summed E-state index contributed by atoms with van der Waals surface area (Å²) in [6.45, 7) is 10.5. The molecule has 1 aliphatic heterocycles. The average molecular weight is 504 g/mol. The summed E-state index contributed by atoms with van der Waals surface area (Å²) in [5.74, 6) is -0.300. The molecule has 1 amide bonds. The number of hydrogen-bond acceptors (Lipinski definition) is 8. The third-order valence-corrected chi connectivity index (χ3v) is 6.40. The van der Waals surface area contributed by atoms with Crippen molar-refractivity contribution in [2.24, 2.45) is 17.1 Å². The van der Waals surface area contributed by atoms with Gasteiger partial charge in [0.25, 0.3) is 0 Å². The molecule has 2 N–H and O–H groups in total. The van der Waals surface area contributed by atoms with Gasteiger partial charge in [0, 0.05) is 24.9 Å². The van der Waals surface area contributed by atoms with Crippen molar-refractivity contribution in [3.8, 4) is 29.7 Å². The zero-order valence-corrected chi connectivity index (χ0v) is 22.0. The predicted molar refractivity (Wildman–Crippen MR) is 136 cm³/mol. The average Bonchev–Trinajstić information content (AvgIpc) is 2.86. The predicted octanol–water partition coefficient (Wildman–Crippen LogP) is 4.53. The molecule has 194 valence electrons. The topological polar surface area (TPSA) is 145 Å². The van der Waals surface area contributed by atoms with Crippen LogP contribution in [0.2, 0.25) is 0 Å². The van der Waals surface area contributed by atoms with Crippen molar-refractivity contribution in [3.63, 3.8) is 0 Å². The number of nitriles is 3. The minimum absolute atomic E-state index is 0.0810. The Kier molecular flexibility index (Phi) is 8.04. The SMILES string of the molecule is CCCOc1ccc([C@H]2[C@@H]3CN(C(=O)OC(C)(C)C)CC=C3C(C#N)=C(N)C2(C#N)C#N)cc1OCC. The maximum Gasteiger partial charge on any atom is 0.410 e. The van der Waals surface area contributed by atoms with Crippen molar-refractivity contribution in [2.75, 3.05) is 26.3 Å². The van der Waals surface area contributed by atoms with Gasteiger partial charge in [0.15, 0.2) is 16.9 Å². The van der Waals surface area contributed by atoms with Gasteiger partial charge in [-0.15, -0.1) is 0 Å². The molecule has 0 fully saturated rings. The van der Waals surface area contributed by atoms with E-state index in [2.05, 4.69) is 18.2 Å². The van der Waals surface area contributed by atoms with Crippen LogP contribution in [0.25, 0.3) is 0 Å². The third kappa shape index (κ3) is 5.20. The monoisotopic (exact) mass is 503 g/mol. The van der Waals surface area contributed by atoms with E-state index in [0.717, 1.165) is 6.42 Å². The number of carbonyl (C=O) groups is 1. The molecular formula is C28H33N5O4. The molecule has 1 aliphatic carbocycles. The molecule has 2 atom stereocenters. The normalized spacial score (nSPS) is 20.5. The molecule has 0 unspecified atom stereocenters. The highest BCUT2D eigenvalue weighted by molar-refractivity contribution is 5.70. The van der Waals surface area contributed by atoms with Crippen LogP contribution in [0.5, 0.6) is 11.5 Å². The Bertz CT molecular complexity index is 1220. The summed E-state index contributed by atoms with van der Waals surface area (Å²) >= 11 is 0. The first-order valence-corrected chi connectivity index (χ1v) is 12.4. The molecule has 0 bridgehead atoms. The van der Waals surface area contributed by atoms with Crippen LogP contribution in [0.3, 0.4) is 0 Å². The van der Waals surface area contributed by atoms with Gasteiger partial charge in [-0.05, 0) is 57.4 Å². The van der Waals surface area contributed by atoms with E-state index in [1.54, 1.807) is 45.0 Å². The lowest BCUT2D eigenvalue weighted by Crippen LogP contribution is -2.50. The fourth-order valence-corrected chi connectivity index (χ4v) is 4.85. The number of amides is 1. The zero-order chi connectivity index (χ0) is 27.4. The van der Waals surface area contributed by atoms with Gasteiger partial charge in [-0.2, -0.15) is 15.8 Å². The molecule has 37 heavy (non-hydrogen) atoms. The van der Waals surface area contributed by atoms with E-state index in [4.69, 9.17) is 19.9 Å². The first-order chi connectivity index (χ1) is 17.6. The first kappa shape index (κ1) is 27.4. The van der Waals surface area contributed by atoms with Gasteiger partial charge in [-0.1, -0.05) is 19.1 Å². The van der Waals surface area contributed by atoms with Gasteiger partial charge in [0.2, 0.25) is 0 Å². The molecule has 0 spiro atoms. The van der Waals surface area contributed by atoms with Crippen molar-refractivity contribution >= 4 is 6.09 Å². The van der Waals surface area contributed by atoms with Gasteiger partial charge in [0.05, 0.1) is 36.6 Å². The van der Waals surface area contributed by atoms with Gasteiger partial charge < -0.3 is 24.8 Å². The Morgan fingerprint density at radius 2 is 1.86 bits per heavy atom. The van der Waals surface area contributed by atoms with Crippen LogP contribution in [0.15, 0.2) is 41.1 Å². The van der Waals surface area contributed by atoms with Crippen LogP contribution in [0.1, 0.15) is 52.5 Å². The Balaban J connectivity index is 2.20. The molecule has 0 radical (unpaired) electrons. The van der Waals surface area contributed by atoms with Crippen molar-refractivity contribution in [1.82, 2.24) is 4.90 Å². The summed E-state index contributed by atoms with van der Waals surface area (Å²) in [6, 6.07) is 11.6. The van der Waals surface area contributed by atoms with Crippen molar-refractivity contribution in [3.05, 3.63) is 46.7 Å². The maximum atomic E-state index is 12.9. The molecule has 9 heteroatoms. The van der Waals surface area contributed by atoms with E-state index < -0.39 is 28.9 Å². The molecule has 2 aliphatic rings. The minimum Gasteiger partial charge on any atom is -0.490 e. The van der Waals surface area contributed by atoms with Crippen molar-refractivity contribution < 1.29 is 19.0 Å². The molecule has 0 aromatic heterocycles. The maximum absolute atomic E-state index is 12.9. The smallest absolute Gasteiger partial charge is 0.410 e. The second-order valence-electron chi connectivity index (χ2n) is 10.0. The lowest BCUT2D eigenvalue weighted by Gasteiger charge is -2.45. The summed E-state index contributed by atoms with van der Waals surface area (Å²) in [5, 5.41) is 30.6. The standard InChI is InChI=1S/C28H33N5O4/c1-6-12-36-22-9-8-18(13-23(22)35-7-2)24-21-15-33(26(34)37-27(3,4)5)11-10-19(21)20(14-29)25(32)28(24,16-30)17-31/h8-10,13,21,24H,6-7,11-12,15,32H2,1-5H3/t21-,24+/m1/s1. The van der Waals surface area contributed by atoms with E-state index in [1.165, 1.54) is 4.90 Å². The van der Waals surface area contributed by atoms with Crippen molar-refractivity contribution in [1.29, 1.82) is 15.8 Å². The molecule has 0 saturated carbocycles. The van der Waals surface area contributed by atoms with E-state index in [-0.39, 0.29) is 24.4 Å². The number of allylic oxidation sites excluding steroid dienone is 2. The van der Waals surface area contributed by atoms with Crippen LogP contribution < -0.4 is 15.2 Å². The highest BCUT2D eigenvalue weighted by Gasteiger charge is 2.55. The summed E-state index contributed by atoms with van der Waals surface area (Å²) in [5.41, 5.74) is 5.15. The van der Waals surface area contributed by atoms with Crippen LogP contribution in [-0.4, -0.2) is 42.9 Å². The summed E-state index contributed by atoms with van der Waals surface area (Å²) in [6.07, 6.45) is 2.06. The molecular weight excluding hydrogens is 470 g/mol. The number of nitrogens with zero attached hydrogens (tertiary/aromatic N) is 4. The van der Waals surface area contributed by atoms with E-state index in [1.807, 2.05) is 13.8 Å². The number of carbonyl (C=O) groups excluding carboxylic acids is 1. The largest absolute Gasteiger partial charge is 0.490 e. The number of fused-ring (bicyclic) bond motifs is 1. The summed E-state index contributed by atoms with van der Waals surface area (Å²) in [4.78, 5) is 14.5. The van der Waals surface area contributed by atoms with Gasteiger partial charge >= 0.3 is 6.09 Å². The Hall–Kier alpha value is -4.16. The van der Waals surface area contributed by atoms with Gasteiger partial charge in [0.1, 0.15) is 11.7 Å². The van der Waals surface area contributed by atoms with E-state index in [9.17, 15) is 20.6 Å². The first-order valence-electron chi connectivity index (χ1n) is 12.4. The van der Waals surface area contributed by atoms with Crippen LogP contribution in [0, 0.1) is 45.3 Å². The lowest BCUT2D eigenvalue weighted by molar-refractivity contribution is 0.0224. The van der Waals surface area contributed by atoms with E-state index >= 15 is 0 Å². The molecule has 0 saturated heterocycles. The van der Waals surface area contributed by atoms with E-state index in [0.29, 0.717) is 35.8 Å². The van der Waals surface area contributed by atoms with Crippen LogP contribution in [-0.2, 0) is 4.74 Å². The second kappa shape index (κ2) is 10.8. The molecule has 9 nitrogen and oxygen atoms in total. The fraction of sp³-hybridized carbons (Fsp3) is 0.500. The third-order valence-electron chi connectivity index (χ3n) is 6.40.